The summed E-state index contributed by atoms with van der Waals surface area (Å²) >= 11 is 0. The Bertz CT molecular complexity index is 1400. The largest absolute Gasteiger partial charge is 0.380 e. The van der Waals surface area contributed by atoms with Gasteiger partial charge < -0.3 is 9.64 Å². The van der Waals surface area contributed by atoms with Crippen molar-refractivity contribution in [3.63, 3.8) is 0 Å². The molecule has 6 rings (SSSR count). The van der Waals surface area contributed by atoms with E-state index < -0.39 is 0 Å². The van der Waals surface area contributed by atoms with Crippen LogP contribution in [0.25, 0.3) is 33.6 Å². The molecule has 9 nitrogen and oxygen atoms in total. The molecule has 4 aromatic rings. The van der Waals surface area contributed by atoms with Crippen molar-refractivity contribution in [3.8, 4) is 33.6 Å². The molecule has 3 aromatic heterocycles. The van der Waals surface area contributed by atoms with Gasteiger partial charge in [-0.25, -0.2) is 9.97 Å². The zero-order valence-electron chi connectivity index (χ0n) is 21.9. The molecule has 1 atom stereocenters. The molecular formula is C29H33N7O2. The van der Waals surface area contributed by atoms with Crippen LogP contribution in [0.15, 0.2) is 61.4 Å². The highest BCUT2D eigenvalue weighted by molar-refractivity contribution is 5.79. The van der Waals surface area contributed by atoms with Gasteiger partial charge in [0.2, 0.25) is 5.91 Å². The Morgan fingerprint density at radius 1 is 0.868 bits per heavy atom. The van der Waals surface area contributed by atoms with Crippen LogP contribution in [0.2, 0.25) is 0 Å². The van der Waals surface area contributed by atoms with E-state index in [9.17, 15) is 4.79 Å². The number of amides is 1. The predicted molar refractivity (Wildman–Crippen MR) is 144 cm³/mol. The lowest BCUT2D eigenvalue weighted by Crippen LogP contribution is -2.37. The molecule has 1 aliphatic carbocycles. The summed E-state index contributed by atoms with van der Waals surface area (Å²) < 4.78 is 9.28. The van der Waals surface area contributed by atoms with E-state index in [1.807, 2.05) is 55.1 Å². The minimum absolute atomic E-state index is 0.120. The summed E-state index contributed by atoms with van der Waals surface area (Å²) in [6, 6.07) is 8.50. The maximum absolute atomic E-state index is 12.9. The van der Waals surface area contributed by atoms with E-state index in [-0.39, 0.29) is 12.0 Å². The first kappa shape index (κ1) is 24.5. The molecule has 9 heteroatoms. The first-order valence-corrected chi connectivity index (χ1v) is 13.3. The van der Waals surface area contributed by atoms with Crippen molar-refractivity contribution in [1.82, 2.24) is 34.4 Å². The highest BCUT2D eigenvalue weighted by atomic mass is 16.5. The lowest BCUT2D eigenvalue weighted by atomic mass is 9.85. The van der Waals surface area contributed by atoms with Gasteiger partial charge >= 0.3 is 0 Å². The van der Waals surface area contributed by atoms with Crippen molar-refractivity contribution in [2.75, 3.05) is 20.2 Å². The van der Waals surface area contributed by atoms with Crippen LogP contribution in [0.1, 0.15) is 38.1 Å². The van der Waals surface area contributed by atoms with E-state index in [1.165, 1.54) is 0 Å². The number of aryl methyl sites for hydroxylation is 1. The third kappa shape index (κ3) is 4.98. The molecule has 1 aliphatic heterocycles. The lowest BCUT2D eigenvalue weighted by molar-refractivity contribution is -0.136. The Morgan fingerprint density at radius 2 is 1.61 bits per heavy atom. The zero-order valence-corrected chi connectivity index (χ0v) is 21.9. The number of hydrogen-bond acceptors (Lipinski definition) is 6. The highest BCUT2D eigenvalue weighted by Crippen LogP contribution is 2.34. The average Bonchev–Trinajstić information content (AvgIpc) is 3.74. The predicted octanol–water partition coefficient (Wildman–Crippen LogP) is 4.39. The Hall–Kier alpha value is -3.85. The number of rotatable bonds is 6. The van der Waals surface area contributed by atoms with Crippen LogP contribution in [-0.4, -0.2) is 66.6 Å². The molecule has 2 fully saturated rings. The molecule has 4 heterocycles. The molecule has 1 saturated heterocycles. The van der Waals surface area contributed by atoms with Crippen molar-refractivity contribution >= 4 is 5.91 Å². The van der Waals surface area contributed by atoms with Gasteiger partial charge in [0.15, 0.2) is 5.82 Å². The summed E-state index contributed by atoms with van der Waals surface area (Å²) in [5.74, 6) is 1.10. The maximum atomic E-state index is 12.9. The minimum atomic E-state index is 0.120. The minimum Gasteiger partial charge on any atom is -0.380 e. The molecular weight excluding hydrogens is 478 g/mol. The molecule has 38 heavy (non-hydrogen) atoms. The molecule has 1 amide bonds. The van der Waals surface area contributed by atoms with E-state index >= 15 is 0 Å². The van der Waals surface area contributed by atoms with Crippen LogP contribution < -0.4 is 0 Å². The molecule has 0 radical (unpaired) electrons. The van der Waals surface area contributed by atoms with Crippen molar-refractivity contribution in [1.29, 1.82) is 0 Å². The Labute approximate surface area is 222 Å². The summed E-state index contributed by atoms with van der Waals surface area (Å²) in [6.45, 7) is 1.55. The quantitative estimate of drug-likeness (QED) is 0.381. The topological polar surface area (TPSA) is 91.0 Å². The van der Waals surface area contributed by atoms with Gasteiger partial charge in [-0.15, -0.1) is 0 Å². The lowest BCUT2D eigenvalue weighted by Gasteiger charge is -2.30. The number of ether oxygens (including phenoxy) is 1. The van der Waals surface area contributed by atoms with Crippen LogP contribution >= 0.6 is 0 Å². The van der Waals surface area contributed by atoms with Gasteiger partial charge in [0, 0.05) is 80.2 Å². The summed E-state index contributed by atoms with van der Waals surface area (Å²) in [5, 5.41) is 8.92. The molecule has 1 saturated carbocycles. The van der Waals surface area contributed by atoms with Crippen LogP contribution in [0.4, 0.5) is 0 Å². The monoisotopic (exact) mass is 511 g/mol. The Morgan fingerprint density at radius 3 is 2.32 bits per heavy atom. The van der Waals surface area contributed by atoms with Crippen LogP contribution in [0, 0.1) is 5.92 Å². The van der Waals surface area contributed by atoms with Gasteiger partial charge in [-0.2, -0.15) is 10.2 Å². The molecule has 0 bridgehead atoms. The second-order valence-corrected chi connectivity index (χ2v) is 10.4. The second-order valence-electron chi connectivity index (χ2n) is 10.4. The van der Waals surface area contributed by atoms with E-state index in [0.717, 1.165) is 73.0 Å². The Balaban J connectivity index is 1.09. The SMILES string of the molecule is COC1CCN(C(=O)C2CCC(n3cc(-c4cnc(-c5cccc(-c6cnn(C)c6)c5)nc4)cn3)CC2)C1. The first-order valence-electron chi connectivity index (χ1n) is 13.3. The normalized spacial score (nSPS) is 21.6. The number of benzene rings is 1. The molecule has 0 spiro atoms. The van der Waals surface area contributed by atoms with Crippen molar-refractivity contribution in [2.45, 2.75) is 44.2 Å². The number of nitrogens with zero attached hydrogens (tertiary/aromatic N) is 7. The van der Waals surface area contributed by atoms with Gasteiger partial charge in [0.25, 0.3) is 0 Å². The molecule has 1 aromatic carbocycles. The molecule has 2 aliphatic rings. The van der Waals surface area contributed by atoms with E-state index in [2.05, 4.69) is 43.2 Å². The van der Waals surface area contributed by atoms with Crippen molar-refractivity contribution in [2.24, 2.45) is 13.0 Å². The molecule has 196 valence electrons. The van der Waals surface area contributed by atoms with Crippen molar-refractivity contribution < 1.29 is 9.53 Å². The fourth-order valence-corrected chi connectivity index (χ4v) is 5.69. The van der Waals surface area contributed by atoms with Crippen molar-refractivity contribution in [3.05, 3.63) is 61.4 Å². The standard InChI is InChI=1S/C29H33N7O2/c1-34-17-24(15-32-34)21-4-3-5-22(12-21)28-30-13-23(14-31-28)25-16-33-36(18-25)26-8-6-20(7-9-26)29(37)35-11-10-27(19-35)38-2/h3-5,12-18,20,26-27H,6-11,19H2,1-2H3. The number of likely N-dealkylation sites (tertiary alicyclic amines) is 1. The second kappa shape index (κ2) is 10.5. The van der Waals surface area contributed by atoms with Gasteiger partial charge in [-0.1, -0.05) is 18.2 Å². The maximum Gasteiger partial charge on any atom is 0.225 e. The van der Waals surface area contributed by atoms with Gasteiger partial charge in [0.1, 0.15) is 0 Å². The van der Waals surface area contributed by atoms with E-state index in [1.54, 1.807) is 11.8 Å². The average molecular weight is 512 g/mol. The summed E-state index contributed by atoms with van der Waals surface area (Å²) in [6.07, 6.45) is 16.4. The number of methoxy groups -OCH3 is 1. The van der Waals surface area contributed by atoms with Gasteiger partial charge in [0.05, 0.1) is 24.5 Å². The van der Waals surface area contributed by atoms with Gasteiger partial charge in [-0.3, -0.25) is 14.2 Å². The highest BCUT2D eigenvalue weighted by Gasteiger charge is 2.33. The fraction of sp³-hybridized carbons (Fsp3) is 0.414. The van der Waals surface area contributed by atoms with Gasteiger partial charge in [-0.05, 0) is 43.7 Å². The fourth-order valence-electron chi connectivity index (χ4n) is 5.69. The van der Waals surface area contributed by atoms with Crippen LogP contribution in [0.5, 0.6) is 0 Å². The smallest absolute Gasteiger partial charge is 0.225 e. The zero-order chi connectivity index (χ0) is 26.1. The third-order valence-corrected chi connectivity index (χ3v) is 7.96. The number of hydrogen-bond donors (Lipinski definition) is 0. The number of carbonyl (C=O) groups is 1. The number of carbonyl (C=O) groups excluding carboxylic acids is 1. The summed E-state index contributed by atoms with van der Waals surface area (Å²) in [4.78, 5) is 24.2. The van der Waals surface area contributed by atoms with Crippen LogP contribution in [-0.2, 0) is 16.6 Å². The summed E-state index contributed by atoms with van der Waals surface area (Å²) in [5.41, 5.74) is 5.05. The van der Waals surface area contributed by atoms with Crippen LogP contribution in [0.3, 0.4) is 0 Å². The number of aromatic nitrogens is 6. The van der Waals surface area contributed by atoms with E-state index in [4.69, 9.17) is 4.74 Å². The Kier molecular flexibility index (Phi) is 6.76. The third-order valence-electron chi connectivity index (χ3n) is 7.96. The first-order chi connectivity index (χ1) is 18.6. The van der Waals surface area contributed by atoms with E-state index in [0.29, 0.717) is 17.8 Å². The molecule has 0 N–H and O–H groups in total. The summed E-state index contributed by atoms with van der Waals surface area (Å²) in [7, 11) is 3.64. The molecule has 1 unspecified atom stereocenters.